The van der Waals surface area contributed by atoms with Gasteiger partial charge in [0.1, 0.15) is 0 Å². The Balaban J connectivity index is 2.86. The molecule has 1 saturated carbocycles. The smallest absolute Gasteiger partial charge is 0.308 e. The van der Waals surface area contributed by atoms with Gasteiger partial charge in [0, 0.05) is 25.7 Å². The number of methoxy groups -OCH3 is 1. The zero-order valence-electron chi connectivity index (χ0n) is 14.2. The average Bonchev–Trinajstić information content (AvgIpc) is 2.47. The quantitative estimate of drug-likeness (QED) is 0.709. The SMILES string of the molecule is CCCC1CCC(C(=O)O)C(N(CCOC)C(C)CC)C1. The van der Waals surface area contributed by atoms with E-state index in [1.807, 2.05) is 0 Å². The minimum absolute atomic E-state index is 0.165. The molecule has 1 N–H and O–H groups in total. The fraction of sp³-hybridized carbons (Fsp3) is 0.941. The first-order valence-corrected chi connectivity index (χ1v) is 8.52. The Labute approximate surface area is 129 Å². The van der Waals surface area contributed by atoms with Gasteiger partial charge in [-0.1, -0.05) is 26.7 Å². The minimum atomic E-state index is -0.624. The molecule has 0 aromatic carbocycles. The van der Waals surface area contributed by atoms with Crippen molar-refractivity contribution in [3.8, 4) is 0 Å². The molecule has 4 unspecified atom stereocenters. The fourth-order valence-corrected chi connectivity index (χ4v) is 3.70. The summed E-state index contributed by atoms with van der Waals surface area (Å²) in [4.78, 5) is 14.1. The Morgan fingerprint density at radius 3 is 2.62 bits per heavy atom. The van der Waals surface area contributed by atoms with Crippen LogP contribution in [0.5, 0.6) is 0 Å². The second-order valence-electron chi connectivity index (χ2n) is 6.47. The van der Waals surface area contributed by atoms with Gasteiger partial charge in [0.15, 0.2) is 0 Å². The second-order valence-corrected chi connectivity index (χ2v) is 6.47. The highest BCUT2D eigenvalue weighted by molar-refractivity contribution is 5.71. The first-order valence-electron chi connectivity index (χ1n) is 8.52. The standard InChI is InChI=1S/C17H33NO3/c1-5-7-14-8-9-15(17(19)20)16(12-14)18(10-11-21-4)13(3)6-2/h13-16H,5-12H2,1-4H3,(H,19,20). The number of rotatable bonds is 9. The molecular weight excluding hydrogens is 266 g/mol. The van der Waals surface area contributed by atoms with Crippen molar-refractivity contribution in [1.82, 2.24) is 4.90 Å². The van der Waals surface area contributed by atoms with E-state index in [1.165, 1.54) is 12.8 Å². The maximum atomic E-state index is 11.7. The van der Waals surface area contributed by atoms with Crippen molar-refractivity contribution >= 4 is 5.97 Å². The number of ether oxygens (including phenoxy) is 1. The lowest BCUT2D eigenvalue weighted by molar-refractivity contribution is -0.147. The van der Waals surface area contributed by atoms with Crippen LogP contribution in [0.25, 0.3) is 0 Å². The van der Waals surface area contributed by atoms with Gasteiger partial charge >= 0.3 is 5.97 Å². The van der Waals surface area contributed by atoms with Crippen molar-refractivity contribution in [3.63, 3.8) is 0 Å². The lowest BCUT2D eigenvalue weighted by Crippen LogP contribution is -2.51. The average molecular weight is 299 g/mol. The molecule has 0 radical (unpaired) electrons. The Bertz CT molecular complexity index is 308. The number of aliphatic carboxylic acids is 1. The Kier molecular flexibility index (Phi) is 8.27. The van der Waals surface area contributed by atoms with E-state index in [9.17, 15) is 9.90 Å². The molecule has 0 aromatic heterocycles. The molecule has 1 rings (SSSR count). The van der Waals surface area contributed by atoms with Crippen LogP contribution in [-0.4, -0.2) is 48.3 Å². The van der Waals surface area contributed by atoms with E-state index in [-0.39, 0.29) is 12.0 Å². The molecule has 1 aliphatic rings. The first kappa shape index (κ1) is 18.4. The highest BCUT2D eigenvalue weighted by Gasteiger charge is 2.39. The monoisotopic (exact) mass is 299 g/mol. The van der Waals surface area contributed by atoms with Crippen LogP contribution in [-0.2, 0) is 9.53 Å². The van der Waals surface area contributed by atoms with E-state index in [0.717, 1.165) is 32.2 Å². The molecule has 0 bridgehead atoms. The van der Waals surface area contributed by atoms with Gasteiger partial charge in [-0.3, -0.25) is 9.69 Å². The molecular formula is C17H33NO3. The third kappa shape index (κ3) is 5.26. The van der Waals surface area contributed by atoms with Gasteiger partial charge < -0.3 is 9.84 Å². The maximum Gasteiger partial charge on any atom is 0.308 e. The Morgan fingerprint density at radius 1 is 1.38 bits per heavy atom. The molecule has 0 aromatic rings. The number of carboxylic acids is 1. The minimum Gasteiger partial charge on any atom is -0.481 e. The normalized spacial score (nSPS) is 27.8. The topological polar surface area (TPSA) is 49.8 Å². The van der Waals surface area contributed by atoms with Crippen molar-refractivity contribution in [1.29, 1.82) is 0 Å². The summed E-state index contributed by atoms with van der Waals surface area (Å²) in [5, 5.41) is 9.60. The maximum absolute atomic E-state index is 11.7. The van der Waals surface area contributed by atoms with Gasteiger partial charge in [0.2, 0.25) is 0 Å². The zero-order valence-corrected chi connectivity index (χ0v) is 14.2. The molecule has 4 heteroatoms. The molecule has 1 fully saturated rings. The molecule has 0 amide bonds. The summed E-state index contributed by atoms with van der Waals surface area (Å²) in [6, 6.07) is 0.574. The number of carbonyl (C=O) groups is 1. The van der Waals surface area contributed by atoms with Gasteiger partial charge in [0.25, 0.3) is 0 Å². The van der Waals surface area contributed by atoms with Crippen molar-refractivity contribution in [2.45, 2.75) is 71.4 Å². The van der Waals surface area contributed by atoms with E-state index < -0.39 is 5.97 Å². The third-order valence-corrected chi connectivity index (χ3v) is 5.08. The molecule has 1 aliphatic carbocycles. The largest absolute Gasteiger partial charge is 0.481 e. The first-order chi connectivity index (χ1) is 10.0. The summed E-state index contributed by atoms with van der Waals surface area (Å²) in [6.45, 7) is 8.10. The lowest BCUT2D eigenvalue weighted by Gasteiger charge is -2.43. The predicted octanol–water partition coefficient (Wildman–Crippen LogP) is 3.40. The Morgan fingerprint density at radius 2 is 2.10 bits per heavy atom. The van der Waals surface area contributed by atoms with Crippen molar-refractivity contribution in [2.24, 2.45) is 11.8 Å². The summed E-state index contributed by atoms with van der Waals surface area (Å²) in [5.41, 5.74) is 0. The van der Waals surface area contributed by atoms with Crippen LogP contribution in [0, 0.1) is 11.8 Å². The summed E-state index contributed by atoms with van der Waals surface area (Å²) in [6.07, 6.45) is 6.38. The number of hydrogen-bond donors (Lipinski definition) is 1. The van der Waals surface area contributed by atoms with Crippen LogP contribution in [0.2, 0.25) is 0 Å². The van der Waals surface area contributed by atoms with Gasteiger partial charge in [-0.05, 0) is 38.5 Å². The van der Waals surface area contributed by atoms with E-state index in [0.29, 0.717) is 18.6 Å². The van der Waals surface area contributed by atoms with Gasteiger partial charge in [-0.15, -0.1) is 0 Å². The Hall–Kier alpha value is -0.610. The van der Waals surface area contributed by atoms with Crippen molar-refractivity contribution in [2.75, 3.05) is 20.3 Å². The van der Waals surface area contributed by atoms with E-state index in [4.69, 9.17) is 4.74 Å². The molecule has 124 valence electrons. The highest BCUT2D eigenvalue weighted by atomic mass is 16.5. The summed E-state index contributed by atoms with van der Waals surface area (Å²) in [5.74, 6) is -0.158. The number of nitrogens with zero attached hydrogens (tertiary/aromatic N) is 1. The lowest BCUT2D eigenvalue weighted by atomic mass is 9.75. The van der Waals surface area contributed by atoms with Gasteiger partial charge in [0.05, 0.1) is 12.5 Å². The summed E-state index contributed by atoms with van der Waals surface area (Å²) < 4.78 is 5.24. The van der Waals surface area contributed by atoms with Crippen LogP contribution >= 0.6 is 0 Å². The summed E-state index contributed by atoms with van der Waals surface area (Å²) in [7, 11) is 1.71. The predicted molar refractivity (Wildman–Crippen MR) is 85.5 cm³/mol. The second kappa shape index (κ2) is 9.42. The molecule has 0 saturated heterocycles. The van der Waals surface area contributed by atoms with E-state index in [2.05, 4.69) is 25.7 Å². The molecule has 4 atom stereocenters. The molecule has 21 heavy (non-hydrogen) atoms. The zero-order chi connectivity index (χ0) is 15.8. The molecule has 0 spiro atoms. The number of hydrogen-bond acceptors (Lipinski definition) is 3. The van der Waals surface area contributed by atoms with Crippen LogP contribution in [0.3, 0.4) is 0 Å². The fourth-order valence-electron chi connectivity index (χ4n) is 3.70. The van der Waals surface area contributed by atoms with E-state index in [1.54, 1.807) is 7.11 Å². The number of carboxylic acid groups (broad SMARTS) is 1. The van der Waals surface area contributed by atoms with Crippen LogP contribution in [0.15, 0.2) is 0 Å². The van der Waals surface area contributed by atoms with Crippen molar-refractivity contribution in [3.05, 3.63) is 0 Å². The van der Waals surface area contributed by atoms with Gasteiger partial charge in [-0.2, -0.15) is 0 Å². The van der Waals surface area contributed by atoms with Crippen LogP contribution in [0.4, 0.5) is 0 Å². The molecule has 4 nitrogen and oxygen atoms in total. The van der Waals surface area contributed by atoms with Crippen molar-refractivity contribution < 1.29 is 14.6 Å². The van der Waals surface area contributed by atoms with Crippen LogP contribution in [0.1, 0.15) is 59.3 Å². The van der Waals surface area contributed by atoms with E-state index >= 15 is 0 Å². The van der Waals surface area contributed by atoms with Crippen LogP contribution < -0.4 is 0 Å². The van der Waals surface area contributed by atoms with Gasteiger partial charge in [-0.25, -0.2) is 0 Å². The molecule has 0 aliphatic heterocycles. The summed E-state index contributed by atoms with van der Waals surface area (Å²) >= 11 is 0. The third-order valence-electron chi connectivity index (χ3n) is 5.08. The molecule has 0 heterocycles. The highest BCUT2D eigenvalue weighted by Crippen LogP contribution is 2.36.